The van der Waals surface area contributed by atoms with Crippen molar-refractivity contribution in [2.24, 2.45) is 0 Å². The first kappa shape index (κ1) is 21.4. The van der Waals surface area contributed by atoms with Crippen molar-refractivity contribution < 1.29 is 9.90 Å². The van der Waals surface area contributed by atoms with Gasteiger partial charge in [0, 0.05) is 26.2 Å². The smallest absolute Gasteiger partial charge is 0.231 e. The fourth-order valence-electron chi connectivity index (χ4n) is 4.38. The maximum absolute atomic E-state index is 13.7. The van der Waals surface area contributed by atoms with E-state index in [1.165, 1.54) is 0 Å². The van der Waals surface area contributed by atoms with Crippen LogP contribution < -0.4 is 0 Å². The number of aliphatic hydroxyl groups is 1. The zero-order chi connectivity index (χ0) is 21.1. The fourth-order valence-corrected chi connectivity index (χ4v) is 4.69. The molecule has 158 valence electrons. The standard InChI is InChI=1S/C24H26Cl2N2O2/c25-21-10-9-18(14-22(21)26)20-8-4-5-12-28(24(20)30)23(17-6-2-1-3-7-17)16-27-13-11-19(29)15-27/h1-7,9-10,14,19-20,23,29H,8,11-13,15-16H2/t19-,20?,23+/m0/s1. The summed E-state index contributed by atoms with van der Waals surface area (Å²) in [5, 5.41) is 10.9. The predicted molar refractivity (Wildman–Crippen MR) is 121 cm³/mol. The van der Waals surface area contributed by atoms with Crippen molar-refractivity contribution in [1.82, 2.24) is 9.80 Å². The summed E-state index contributed by atoms with van der Waals surface area (Å²) in [6, 6.07) is 15.5. The minimum atomic E-state index is -0.297. The Bertz CT molecular complexity index is 919. The molecule has 4 rings (SSSR count). The normalized spacial score (nSPS) is 23.6. The third-order valence-electron chi connectivity index (χ3n) is 6.01. The molecule has 30 heavy (non-hydrogen) atoms. The van der Waals surface area contributed by atoms with Crippen LogP contribution in [0, 0.1) is 0 Å². The van der Waals surface area contributed by atoms with Gasteiger partial charge in [-0.25, -0.2) is 0 Å². The van der Waals surface area contributed by atoms with Crippen LogP contribution in [-0.4, -0.2) is 53.1 Å². The van der Waals surface area contributed by atoms with E-state index in [4.69, 9.17) is 23.2 Å². The van der Waals surface area contributed by atoms with Gasteiger partial charge in [0.2, 0.25) is 5.91 Å². The van der Waals surface area contributed by atoms with E-state index in [0.717, 1.165) is 24.1 Å². The van der Waals surface area contributed by atoms with Gasteiger partial charge < -0.3 is 10.0 Å². The first-order valence-electron chi connectivity index (χ1n) is 10.4. The SMILES string of the molecule is O=C1C(c2ccc(Cl)c(Cl)c2)CC=CCN1[C@H](CN1CC[C@H](O)C1)c1ccccc1. The van der Waals surface area contributed by atoms with Crippen LogP contribution in [0.15, 0.2) is 60.7 Å². The number of halogens is 2. The average Bonchev–Trinajstić information content (AvgIpc) is 3.07. The Morgan fingerprint density at radius 3 is 2.57 bits per heavy atom. The van der Waals surface area contributed by atoms with Crippen LogP contribution in [0.1, 0.15) is 35.9 Å². The van der Waals surface area contributed by atoms with E-state index in [2.05, 4.69) is 29.2 Å². The predicted octanol–water partition coefficient (Wildman–Crippen LogP) is 4.67. The average molecular weight is 445 g/mol. The number of carbonyl (C=O) groups excluding carboxylic acids is 1. The Balaban J connectivity index is 1.65. The maximum Gasteiger partial charge on any atom is 0.231 e. The molecule has 0 bridgehead atoms. The number of allylic oxidation sites excluding steroid dienone is 1. The van der Waals surface area contributed by atoms with E-state index in [0.29, 0.717) is 36.1 Å². The molecule has 3 atom stereocenters. The minimum Gasteiger partial charge on any atom is -0.392 e. The highest BCUT2D eigenvalue weighted by Gasteiger charge is 2.34. The van der Waals surface area contributed by atoms with Gasteiger partial charge in [0.25, 0.3) is 0 Å². The quantitative estimate of drug-likeness (QED) is 0.681. The third kappa shape index (κ3) is 4.73. The van der Waals surface area contributed by atoms with E-state index in [9.17, 15) is 9.90 Å². The van der Waals surface area contributed by atoms with Gasteiger partial charge in [0.05, 0.1) is 28.1 Å². The molecule has 1 unspecified atom stereocenters. The number of rotatable bonds is 5. The van der Waals surface area contributed by atoms with Crippen molar-refractivity contribution in [3.8, 4) is 0 Å². The van der Waals surface area contributed by atoms with Crippen molar-refractivity contribution in [2.45, 2.75) is 30.9 Å². The number of hydrogen-bond donors (Lipinski definition) is 1. The lowest BCUT2D eigenvalue weighted by molar-refractivity contribution is -0.134. The summed E-state index contributed by atoms with van der Waals surface area (Å²) in [6.45, 7) is 2.76. The zero-order valence-corrected chi connectivity index (χ0v) is 18.3. The van der Waals surface area contributed by atoms with E-state index in [1.807, 2.05) is 29.2 Å². The third-order valence-corrected chi connectivity index (χ3v) is 6.75. The molecule has 2 heterocycles. The fraction of sp³-hybridized carbons (Fsp3) is 0.375. The first-order chi connectivity index (χ1) is 14.5. The summed E-state index contributed by atoms with van der Waals surface area (Å²) >= 11 is 12.3. The van der Waals surface area contributed by atoms with Crippen LogP contribution >= 0.6 is 23.2 Å². The van der Waals surface area contributed by atoms with Crippen molar-refractivity contribution in [1.29, 1.82) is 0 Å². The van der Waals surface area contributed by atoms with Crippen molar-refractivity contribution in [2.75, 3.05) is 26.2 Å². The Morgan fingerprint density at radius 1 is 1.07 bits per heavy atom. The summed E-state index contributed by atoms with van der Waals surface area (Å²) in [6.07, 6.45) is 5.28. The lowest BCUT2D eigenvalue weighted by atomic mass is 9.93. The van der Waals surface area contributed by atoms with Crippen molar-refractivity contribution in [3.63, 3.8) is 0 Å². The number of aliphatic hydroxyl groups excluding tert-OH is 1. The lowest BCUT2D eigenvalue weighted by Gasteiger charge is -2.35. The summed E-state index contributed by atoms with van der Waals surface area (Å²) in [5.74, 6) is -0.208. The molecule has 0 aliphatic carbocycles. The van der Waals surface area contributed by atoms with Crippen LogP contribution in [0.25, 0.3) is 0 Å². The highest BCUT2D eigenvalue weighted by atomic mass is 35.5. The molecular formula is C24H26Cl2N2O2. The molecule has 2 aromatic rings. The molecule has 0 spiro atoms. The monoisotopic (exact) mass is 444 g/mol. The molecule has 1 amide bonds. The topological polar surface area (TPSA) is 43.8 Å². The van der Waals surface area contributed by atoms with Gasteiger partial charge in [-0.2, -0.15) is 0 Å². The largest absolute Gasteiger partial charge is 0.392 e. The molecule has 2 aliphatic rings. The number of nitrogens with zero attached hydrogens (tertiary/aromatic N) is 2. The van der Waals surface area contributed by atoms with Crippen LogP contribution in [0.2, 0.25) is 10.0 Å². The number of likely N-dealkylation sites (tertiary alicyclic amines) is 1. The Morgan fingerprint density at radius 2 is 1.87 bits per heavy atom. The summed E-state index contributed by atoms with van der Waals surface area (Å²) in [5.41, 5.74) is 1.99. The number of amides is 1. The van der Waals surface area contributed by atoms with E-state index >= 15 is 0 Å². The first-order valence-corrected chi connectivity index (χ1v) is 11.1. The second-order valence-electron chi connectivity index (χ2n) is 8.05. The van der Waals surface area contributed by atoms with E-state index in [-0.39, 0.29) is 24.0 Å². The highest BCUT2D eigenvalue weighted by molar-refractivity contribution is 6.42. The van der Waals surface area contributed by atoms with Gasteiger partial charge in [-0.3, -0.25) is 9.69 Å². The second-order valence-corrected chi connectivity index (χ2v) is 8.87. The van der Waals surface area contributed by atoms with Crippen LogP contribution in [0.5, 0.6) is 0 Å². The molecule has 2 aliphatic heterocycles. The van der Waals surface area contributed by atoms with Crippen LogP contribution in [0.4, 0.5) is 0 Å². The lowest BCUT2D eigenvalue weighted by Crippen LogP contribution is -2.42. The van der Waals surface area contributed by atoms with Crippen LogP contribution in [-0.2, 0) is 4.79 Å². The van der Waals surface area contributed by atoms with E-state index in [1.54, 1.807) is 12.1 Å². The van der Waals surface area contributed by atoms with Crippen LogP contribution in [0.3, 0.4) is 0 Å². The molecule has 1 saturated heterocycles. The number of benzene rings is 2. The zero-order valence-electron chi connectivity index (χ0n) is 16.8. The van der Waals surface area contributed by atoms with Gasteiger partial charge in [-0.1, -0.05) is 71.8 Å². The molecule has 4 nitrogen and oxygen atoms in total. The molecule has 1 fully saturated rings. The highest BCUT2D eigenvalue weighted by Crippen LogP contribution is 2.34. The minimum absolute atomic E-state index is 0.0861. The summed E-state index contributed by atoms with van der Waals surface area (Å²) < 4.78 is 0. The van der Waals surface area contributed by atoms with E-state index < -0.39 is 0 Å². The van der Waals surface area contributed by atoms with Gasteiger partial charge in [-0.15, -0.1) is 0 Å². The molecule has 2 aromatic carbocycles. The van der Waals surface area contributed by atoms with Gasteiger partial charge in [0.15, 0.2) is 0 Å². The molecular weight excluding hydrogens is 419 g/mol. The molecule has 6 heteroatoms. The maximum atomic E-state index is 13.7. The Labute approximate surface area is 187 Å². The summed E-state index contributed by atoms with van der Waals surface area (Å²) in [4.78, 5) is 18.0. The number of β-amino-alcohol motifs (C(OH)–C–C–N with tert-alkyl or cyclic N) is 1. The number of carbonyl (C=O) groups is 1. The molecule has 0 saturated carbocycles. The van der Waals surface area contributed by atoms with Gasteiger partial charge >= 0.3 is 0 Å². The second kappa shape index (κ2) is 9.52. The molecule has 0 aromatic heterocycles. The van der Waals surface area contributed by atoms with Crippen molar-refractivity contribution in [3.05, 3.63) is 81.9 Å². The Kier molecular flexibility index (Phi) is 6.79. The van der Waals surface area contributed by atoms with Gasteiger partial charge in [-0.05, 0) is 36.1 Å². The van der Waals surface area contributed by atoms with Gasteiger partial charge in [0.1, 0.15) is 0 Å². The Hall–Kier alpha value is -1.85. The summed E-state index contributed by atoms with van der Waals surface area (Å²) in [7, 11) is 0. The molecule has 1 N–H and O–H groups in total. The van der Waals surface area contributed by atoms with Crippen molar-refractivity contribution >= 4 is 29.1 Å². The number of hydrogen-bond acceptors (Lipinski definition) is 3. The molecule has 0 radical (unpaired) electrons.